The van der Waals surface area contributed by atoms with Crippen molar-refractivity contribution in [3.05, 3.63) is 205 Å². The number of hydrogen-bond acceptors (Lipinski definition) is 3. The van der Waals surface area contributed by atoms with Gasteiger partial charge >= 0.3 is 0 Å². The molecule has 0 fully saturated rings. The highest BCUT2D eigenvalue weighted by molar-refractivity contribution is 5.97. The SMILES string of the molecule is CC1(C)c2cc(-c3cccc(-c4nc5ccccc5n4-c4ccccc4)c3)ccc2-c2c(-c3nc(-c4ccc(-c5ccccc5)cc4)c4ccccc4n3)cccc21. The van der Waals surface area contributed by atoms with E-state index >= 15 is 0 Å². The molecule has 2 aromatic heterocycles. The van der Waals surface area contributed by atoms with Gasteiger partial charge in [0, 0.05) is 33.2 Å². The van der Waals surface area contributed by atoms with Crippen molar-refractivity contribution in [3.63, 3.8) is 0 Å². The van der Waals surface area contributed by atoms with Crippen LogP contribution in [0.15, 0.2) is 194 Å². The molecule has 0 amide bonds. The van der Waals surface area contributed by atoms with Gasteiger partial charge in [-0.15, -0.1) is 0 Å². The lowest BCUT2D eigenvalue weighted by molar-refractivity contribution is 0.660. The number of hydrogen-bond donors (Lipinski definition) is 0. The fourth-order valence-electron chi connectivity index (χ4n) is 8.92. The van der Waals surface area contributed by atoms with E-state index in [1.165, 1.54) is 38.9 Å². The largest absolute Gasteiger partial charge is 0.292 e. The molecule has 1 aliphatic rings. The quantitative estimate of drug-likeness (QED) is 0.170. The van der Waals surface area contributed by atoms with Crippen LogP contribution in [0.3, 0.4) is 0 Å². The van der Waals surface area contributed by atoms with Crippen LogP contribution >= 0.6 is 0 Å². The molecule has 10 aromatic rings. The first kappa shape index (κ1) is 33.9. The first-order valence-electron chi connectivity index (χ1n) is 19.9. The van der Waals surface area contributed by atoms with Gasteiger partial charge in [-0.1, -0.05) is 166 Å². The molecule has 2 heterocycles. The van der Waals surface area contributed by atoms with Crippen molar-refractivity contribution in [2.45, 2.75) is 19.3 Å². The average Bonchev–Trinajstić information content (AvgIpc) is 3.79. The summed E-state index contributed by atoms with van der Waals surface area (Å²) in [5.74, 6) is 1.66. The lowest BCUT2D eigenvalue weighted by Gasteiger charge is -2.22. The molecule has 1 aliphatic carbocycles. The number of nitrogens with zero attached hydrogens (tertiary/aromatic N) is 4. The third kappa shape index (κ3) is 5.48. The summed E-state index contributed by atoms with van der Waals surface area (Å²) in [6.45, 7) is 4.68. The van der Waals surface area contributed by atoms with Gasteiger partial charge < -0.3 is 0 Å². The summed E-state index contributed by atoms with van der Waals surface area (Å²) in [5.41, 5.74) is 17.7. The van der Waals surface area contributed by atoms with Crippen LogP contribution in [0, 0.1) is 0 Å². The van der Waals surface area contributed by atoms with Crippen molar-refractivity contribution in [3.8, 4) is 73.1 Å². The minimum atomic E-state index is -0.234. The average molecular weight is 743 g/mol. The molecular formula is C54H38N4. The molecule has 0 atom stereocenters. The van der Waals surface area contributed by atoms with E-state index in [0.717, 1.165) is 67.2 Å². The summed E-state index contributed by atoms with van der Waals surface area (Å²) in [4.78, 5) is 15.7. The maximum atomic E-state index is 5.37. The summed E-state index contributed by atoms with van der Waals surface area (Å²) in [6, 6.07) is 68.8. The molecule has 0 unspecified atom stereocenters. The lowest BCUT2D eigenvalue weighted by Crippen LogP contribution is -2.15. The molecule has 4 nitrogen and oxygen atoms in total. The van der Waals surface area contributed by atoms with E-state index < -0.39 is 0 Å². The second-order valence-electron chi connectivity index (χ2n) is 15.6. The van der Waals surface area contributed by atoms with Gasteiger partial charge in [0.25, 0.3) is 0 Å². The van der Waals surface area contributed by atoms with Gasteiger partial charge in [0.2, 0.25) is 0 Å². The van der Waals surface area contributed by atoms with Crippen molar-refractivity contribution < 1.29 is 0 Å². The van der Waals surface area contributed by atoms with Crippen molar-refractivity contribution in [2.24, 2.45) is 0 Å². The van der Waals surface area contributed by atoms with Crippen molar-refractivity contribution >= 4 is 21.9 Å². The predicted molar refractivity (Wildman–Crippen MR) is 239 cm³/mol. The van der Waals surface area contributed by atoms with Gasteiger partial charge in [0.1, 0.15) is 5.82 Å². The second-order valence-corrected chi connectivity index (χ2v) is 15.6. The molecule has 0 saturated carbocycles. The highest BCUT2D eigenvalue weighted by Gasteiger charge is 2.37. The van der Waals surface area contributed by atoms with E-state index in [2.05, 4.69) is 213 Å². The van der Waals surface area contributed by atoms with Crippen LogP contribution < -0.4 is 0 Å². The molecule has 8 aromatic carbocycles. The van der Waals surface area contributed by atoms with Gasteiger partial charge in [-0.2, -0.15) is 0 Å². The highest BCUT2D eigenvalue weighted by Crippen LogP contribution is 2.53. The molecule has 58 heavy (non-hydrogen) atoms. The molecule has 4 heteroatoms. The zero-order valence-corrected chi connectivity index (χ0v) is 32.3. The van der Waals surface area contributed by atoms with Crippen molar-refractivity contribution in [1.82, 2.24) is 19.5 Å². The summed E-state index contributed by atoms with van der Waals surface area (Å²) in [6.07, 6.45) is 0. The smallest absolute Gasteiger partial charge is 0.161 e. The van der Waals surface area contributed by atoms with Crippen LogP contribution in [0.1, 0.15) is 25.0 Å². The fourth-order valence-corrected chi connectivity index (χ4v) is 8.92. The summed E-state index contributed by atoms with van der Waals surface area (Å²) < 4.78 is 2.26. The maximum absolute atomic E-state index is 5.37. The Bertz CT molecular complexity index is 3180. The van der Waals surface area contributed by atoms with Crippen LogP contribution in [0.4, 0.5) is 0 Å². The molecule has 274 valence electrons. The Hall–Kier alpha value is -7.43. The number of imidazole rings is 1. The molecule has 11 rings (SSSR count). The first-order valence-corrected chi connectivity index (χ1v) is 19.9. The van der Waals surface area contributed by atoms with Crippen molar-refractivity contribution in [1.29, 1.82) is 0 Å². The Kier molecular flexibility index (Phi) is 7.80. The van der Waals surface area contributed by atoms with E-state index in [9.17, 15) is 0 Å². The first-order chi connectivity index (χ1) is 28.5. The standard InChI is InChI=1S/C54H38N4/c1-54(2)45-23-14-22-44(52-55-47-24-10-9-21-43(47)51(57-52)37-29-27-36(28-30-37)35-15-5-3-6-16-35)50(45)42-32-31-39(34-46(42)54)38-17-13-18-40(33-38)53-56-48-25-11-12-26-49(48)58(53)41-19-7-4-8-20-41/h3-34H,1-2H3. The van der Waals surface area contributed by atoms with E-state index in [-0.39, 0.29) is 5.41 Å². The molecule has 0 saturated heterocycles. The van der Waals surface area contributed by atoms with Gasteiger partial charge in [-0.05, 0) is 87.0 Å². The third-order valence-electron chi connectivity index (χ3n) is 11.8. The third-order valence-corrected chi connectivity index (χ3v) is 11.8. The summed E-state index contributed by atoms with van der Waals surface area (Å²) in [5, 5.41) is 1.04. The summed E-state index contributed by atoms with van der Waals surface area (Å²) >= 11 is 0. The molecular weight excluding hydrogens is 705 g/mol. The number of rotatable bonds is 6. The minimum absolute atomic E-state index is 0.234. The zero-order chi connectivity index (χ0) is 38.8. The number of benzene rings is 8. The van der Waals surface area contributed by atoms with Crippen LogP contribution in [-0.4, -0.2) is 19.5 Å². The van der Waals surface area contributed by atoms with Crippen LogP contribution in [0.5, 0.6) is 0 Å². The topological polar surface area (TPSA) is 43.6 Å². The molecule has 0 N–H and O–H groups in total. The predicted octanol–water partition coefficient (Wildman–Crippen LogP) is 13.6. The second kappa shape index (κ2) is 13.4. The van der Waals surface area contributed by atoms with E-state index in [0.29, 0.717) is 0 Å². The highest BCUT2D eigenvalue weighted by atomic mass is 15.1. The minimum Gasteiger partial charge on any atom is -0.292 e. The Balaban J connectivity index is 1.01. The Labute approximate surface area is 337 Å². The van der Waals surface area contributed by atoms with E-state index in [4.69, 9.17) is 15.0 Å². The molecule has 0 aliphatic heterocycles. The lowest BCUT2D eigenvalue weighted by atomic mass is 9.81. The van der Waals surface area contributed by atoms with Crippen LogP contribution in [-0.2, 0) is 5.41 Å². The number of para-hydroxylation sites is 4. The molecule has 0 radical (unpaired) electrons. The normalized spacial score (nSPS) is 12.8. The van der Waals surface area contributed by atoms with Crippen molar-refractivity contribution in [2.75, 3.05) is 0 Å². The Morgan fingerprint density at radius 2 is 1.03 bits per heavy atom. The number of aromatic nitrogens is 4. The van der Waals surface area contributed by atoms with Crippen LogP contribution in [0.2, 0.25) is 0 Å². The van der Waals surface area contributed by atoms with Gasteiger partial charge in [-0.25, -0.2) is 15.0 Å². The van der Waals surface area contributed by atoms with Gasteiger partial charge in [0.05, 0.1) is 22.2 Å². The van der Waals surface area contributed by atoms with E-state index in [1.54, 1.807) is 0 Å². The summed E-state index contributed by atoms with van der Waals surface area (Å²) in [7, 11) is 0. The monoisotopic (exact) mass is 742 g/mol. The molecule has 0 spiro atoms. The van der Waals surface area contributed by atoms with E-state index in [1.807, 2.05) is 0 Å². The maximum Gasteiger partial charge on any atom is 0.161 e. The molecule has 0 bridgehead atoms. The Morgan fingerprint density at radius 3 is 1.86 bits per heavy atom. The Morgan fingerprint density at radius 1 is 0.414 bits per heavy atom. The fraction of sp³-hybridized carbons (Fsp3) is 0.0556. The van der Waals surface area contributed by atoms with Gasteiger partial charge in [-0.3, -0.25) is 4.57 Å². The number of fused-ring (bicyclic) bond motifs is 5. The van der Waals surface area contributed by atoms with Gasteiger partial charge in [0.15, 0.2) is 5.82 Å². The zero-order valence-electron chi connectivity index (χ0n) is 32.3. The van der Waals surface area contributed by atoms with Crippen LogP contribution in [0.25, 0.3) is 95.0 Å².